The maximum absolute atomic E-state index is 4.61. The van der Waals surface area contributed by atoms with Crippen molar-refractivity contribution in [2.45, 2.75) is 38.6 Å². The first-order chi connectivity index (χ1) is 12.6. The molecular formula is C20H26N6. The van der Waals surface area contributed by atoms with Crippen molar-refractivity contribution in [1.29, 1.82) is 0 Å². The van der Waals surface area contributed by atoms with Gasteiger partial charge in [-0.3, -0.25) is 10.1 Å². The number of fused-ring (bicyclic) bond motifs is 1. The summed E-state index contributed by atoms with van der Waals surface area (Å²) in [6, 6.07) is 6.62. The van der Waals surface area contributed by atoms with Crippen molar-refractivity contribution in [2.24, 2.45) is 0 Å². The van der Waals surface area contributed by atoms with E-state index in [9.17, 15) is 0 Å². The monoisotopic (exact) mass is 350 g/mol. The molecule has 1 aliphatic heterocycles. The number of H-pyrrole nitrogens is 1. The second-order valence-corrected chi connectivity index (χ2v) is 7.51. The molecule has 3 aromatic rings. The Bertz CT molecular complexity index is 892. The molecule has 3 aromatic heterocycles. The molecule has 6 nitrogen and oxygen atoms in total. The van der Waals surface area contributed by atoms with Crippen molar-refractivity contribution in [3.05, 3.63) is 36.2 Å². The second kappa shape index (κ2) is 7.03. The van der Waals surface area contributed by atoms with E-state index >= 15 is 0 Å². The number of rotatable bonds is 4. The lowest BCUT2D eigenvalue weighted by atomic mass is 9.89. The lowest BCUT2D eigenvalue weighted by Crippen LogP contribution is -2.29. The fourth-order valence-electron chi connectivity index (χ4n) is 3.71. The maximum atomic E-state index is 4.61. The first kappa shape index (κ1) is 17.0. The summed E-state index contributed by atoms with van der Waals surface area (Å²) in [5, 5.41) is 12.1. The molecule has 0 radical (unpaired) electrons. The number of pyridine rings is 2. The molecule has 0 bridgehead atoms. The van der Waals surface area contributed by atoms with Crippen molar-refractivity contribution in [3.8, 4) is 11.4 Å². The first-order valence-electron chi connectivity index (χ1n) is 9.36. The lowest BCUT2D eigenvalue weighted by molar-refractivity contribution is 0.255. The third-order valence-electron chi connectivity index (χ3n) is 5.12. The summed E-state index contributed by atoms with van der Waals surface area (Å²) in [7, 11) is 2.19. The zero-order chi connectivity index (χ0) is 18.1. The quantitative estimate of drug-likeness (QED) is 0.752. The highest BCUT2D eigenvalue weighted by molar-refractivity contribution is 5.99. The van der Waals surface area contributed by atoms with Crippen LogP contribution in [0.15, 0.2) is 30.6 Å². The van der Waals surface area contributed by atoms with Crippen LogP contribution >= 0.6 is 0 Å². The Morgan fingerprint density at radius 3 is 2.69 bits per heavy atom. The number of hydrogen-bond donors (Lipinski definition) is 2. The molecule has 0 aliphatic carbocycles. The van der Waals surface area contributed by atoms with Gasteiger partial charge >= 0.3 is 0 Å². The number of nitrogens with zero attached hydrogens (tertiary/aromatic N) is 4. The van der Waals surface area contributed by atoms with Crippen molar-refractivity contribution in [2.75, 3.05) is 25.5 Å². The van der Waals surface area contributed by atoms with E-state index in [1.165, 1.54) is 18.4 Å². The molecule has 0 amide bonds. The minimum absolute atomic E-state index is 0.300. The Labute approximate surface area is 154 Å². The molecule has 26 heavy (non-hydrogen) atoms. The molecule has 1 saturated heterocycles. The Kier molecular flexibility index (Phi) is 4.59. The largest absolute Gasteiger partial charge is 0.367 e. The predicted molar refractivity (Wildman–Crippen MR) is 105 cm³/mol. The Hall–Kier alpha value is -2.47. The molecule has 0 spiro atoms. The van der Waals surface area contributed by atoms with Crippen LogP contribution in [0.4, 0.5) is 5.82 Å². The average molecular weight is 350 g/mol. The predicted octanol–water partition coefficient (Wildman–Crippen LogP) is 3.65. The van der Waals surface area contributed by atoms with E-state index in [0.717, 1.165) is 41.2 Å². The number of nitrogens with one attached hydrogen (secondary N) is 2. The Morgan fingerprint density at radius 2 is 1.92 bits per heavy atom. The van der Waals surface area contributed by atoms with Gasteiger partial charge in [0.2, 0.25) is 0 Å². The van der Waals surface area contributed by atoms with Gasteiger partial charge in [-0.1, -0.05) is 0 Å². The molecule has 2 N–H and O–H groups in total. The molecule has 0 saturated carbocycles. The highest BCUT2D eigenvalue weighted by atomic mass is 15.1. The molecule has 1 fully saturated rings. The van der Waals surface area contributed by atoms with Crippen LogP contribution in [0.2, 0.25) is 0 Å². The van der Waals surface area contributed by atoms with E-state index in [-0.39, 0.29) is 0 Å². The van der Waals surface area contributed by atoms with Gasteiger partial charge in [-0.25, -0.2) is 4.98 Å². The normalized spacial score (nSPS) is 16.5. The van der Waals surface area contributed by atoms with Crippen LogP contribution < -0.4 is 5.32 Å². The number of piperidine rings is 1. The SMILES string of the molecule is CC(C)Nc1nccc2[nH]nc(-c3cc(C4CCN(C)CC4)ccn3)c12. The van der Waals surface area contributed by atoms with E-state index in [1.807, 2.05) is 12.3 Å². The molecule has 1 aliphatic rings. The highest BCUT2D eigenvalue weighted by Gasteiger charge is 2.20. The van der Waals surface area contributed by atoms with Gasteiger partial charge in [0.15, 0.2) is 0 Å². The minimum atomic E-state index is 0.300. The van der Waals surface area contributed by atoms with Crippen molar-refractivity contribution in [3.63, 3.8) is 0 Å². The van der Waals surface area contributed by atoms with E-state index in [4.69, 9.17) is 0 Å². The summed E-state index contributed by atoms with van der Waals surface area (Å²) < 4.78 is 0. The van der Waals surface area contributed by atoms with Gasteiger partial charge in [0.05, 0.1) is 16.6 Å². The molecular weight excluding hydrogens is 324 g/mol. The van der Waals surface area contributed by atoms with E-state index in [1.54, 1.807) is 6.20 Å². The molecule has 4 rings (SSSR count). The third-order valence-corrected chi connectivity index (χ3v) is 5.12. The number of aromatic amines is 1. The summed E-state index contributed by atoms with van der Waals surface area (Å²) in [4.78, 5) is 11.5. The van der Waals surface area contributed by atoms with Crippen LogP contribution in [0.3, 0.4) is 0 Å². The molecule has 6 heteroatoms. The van der Waals surface area contributed by atoms with Gasteiger partial charge in [0.1, 0.15) is 11.5 Å². The summed E-state index contributed by atoms with van der Waals surface area (Å²) in [5.41, 5.74) is 4.12. The van der Waals surface area contributed by atoms with E-state index in [2.05, 4.69) is 63.4 Å². The van der Waals surface area contributed by atoms with Crippen LogP contribution in [-0.4, -0.2) is 51.2 Å². The number of anilines is 1. The topological polar surface area (TPSA) is 69.7 Å². The molecule has 4 heterocycles. The molecule has 136 valence electrons. The fraction of sp³-hybridized carbons (Fsp3) is 0.450. The molecule has 0 atom stereocenters. The Balaban J connectivity index is 1.73. The highest BCUT2D eigenvalue weighted by Crippen LogP contribution is 2.33. The van der Waals surface area contributed by atoms with Crippen molar-refractivity contribution in [1.82, 2.24) is 25.1 Å². The molecule has 0 unspecified atom stereocenters. The van der Waals surface area contributed by atoms with Crippen LogP contribution in [0.25, 0.3) is 22.3 Å². The number of likely N-dealkylation sites (tertiary alicyclic amines) is 1. The first-order valence-corrected chi connectivity index (χ1v) is 9.36. The maximum Gasteiger partial charge on any atom is 0.137 e. The van der Waals surface area contributed by atoms with Crippen LogP contribution in [0, 0.1) is 0 Å². The van der Waals surface area contributed by atoms with E-state index < -0.39 is 0 Å². The summed E-state index contributed by atoms with van der Waals surface area (Å²) >= 11 is 0. The fourth-order valence-corrected chi connectivity index (χ4v) is 3.71. The van der Waals surface area contributed by atoms with Crippen LogP contribution in [-0.2, 0) is 0 Å². The van der Waals surface area contributed by atoms with Gasteiger partial charge in [0, 0.05) is 18.4 Å². The lowest BCUT2D eigenvalue weighted by Gasteiger charge is -2.29. The zero-order valence-electron chi connectivity index (χ0n) is 15.7. The second-order valence-electron chi connectivity index (χ2n) is 7.51. The van der Waals surface area contributed by atoms with E-state index in [0.29, 0.717) is 12.0 Å². The smallest absolute Gasteiger partial charge is 0.137 e. The summed E-state index contributed by atoms with van der Waals surface area (Å²) in [5.74, 6) is 1.46. The van der Waals surface area contributed by atoms with Gasteiger partial charge < -0.3 is 10.2 Å². The van der Waals surface area contributed by atoms with Crippen molar-refractivity contribution < 1.29 is 0 Å². The van der Waals surface area contributed by atoms with Crippen molar-refractivity contribution >= 4 is 16.7 Å². The number of aromatic nitrogens is 4. The zero-order valence-corrected chi connectivity index (χ0v) is 15.7. The van der Waals surface area contributed by atoms with Gasteiger partial charge in [-0.15, -0.1) is 0 Å². The Morgan fingerprint density at radius 1 is 1.15 bits per heavy atom. The number of hydrogen-bond acceptors (Lipinski definition) is 5. The van der Waals surface area contributed by atoms with Gasteiger partial charge in [-0.05, 0) is 76.5 Å². The molecule has 0 aromatic carbocycles. The van der Waals surface area contributed by atoms with Crippen LogP contribution in [0.1, 0.15) is 38.2 Å². The summed E-state index contributed by atoms with van der Waals surface area (Å²) in [6.45, 7) is 6.53. The third kappa shape index (κ3) is 3.29. The standard InChI is InChI=1S/C20H26N6/c1-13(2)23-20-18-16(5-9-22-20)24-25-19(18)17-12-15(4-8-21-17)14-6-10-26(3)11-7-14/h4-5,8-9,12-14H,6-7,10-11H2,1-3H3,(H,22,23)(H,24,25). The van der Waals surface area contributed by atoms with Crippen LogP contribution in [0.5, 0.6) is 0 Å². The van der Waals surface area contributed by atoms with Gasteiger partial charge in [-0.2, -0.15) is 5.10 Å². The van der Waals surface area contributed by atoms with Gasteiger partial charge in [0.25, 0.3) is 0 Å². The minimum Gasteiger partial charge on any atom is -0.367 e. The average Bonchev–Trinajstić information content (AvgIpc) is 3.07. The summed E-state index contributed by atoms with van der Waals surface area (Å²) in [6.07, 6.45) is 6.11.